The summed E-state index contributed by atoms with van der Waals surface area (Å²) in [7, 11) is 0. The summed E-state index contributed by atoms with van der Waals surface area (Å²) in [5.41, 5.74) is 10.5. The van der Waals surface area contributed by atoms with Crippen LogP contribution in [0.5, 0.6) is 0 Å². The number of piperidine rings is 2. The van der Waals surface area contributed by atoms with Gasteiger partial charge in [0.2, 0.25) is 5.91 Å². The molecule has 0 aromatic heterocycles. The summed E-state index contributed by atoms with van der Waals surface area (Å²) in [6.07, 6.45) is 4.70. The third-order valence-electron chi connectivity index (χ3n) is 11.1. The van der Waals surface area contributed by atoms with Crippen LogP contribution < -0.4 is 16.4 Å². The molecule has 3 fully saturated rings. The first-order valence-electron chi connectivity index (χ1n) is 18.3. The fraction of sp³-hybridized carbons (Fsp3) is 0.568. The van der Waals surface area contributed by atoms with Gasteiger partial charge in [0, 0.05) is 83.1 Å². The van der Waals surface area contributed by atoms with E-state index in [9.17, 15) is 19.2 Å². The van der Waals surface area contributed by atoms with Crippen LogP contribution in [-0.2, 0) is 28.9 Å². The highest BCUT2D eigenvalue weighted by atomic mass is 35.5. The first-order chi connectivity index (χ1) is 24.6. The second-order valence-corrected chi connectivity index (χ2v) is 14.6. The van der Waals surface area contributed by atoms with Gasteiger partial charge in [0.25, 0.3) is 0 Å². The topological polar surface area (TPSA) is 155 Å². The monoisotopic (exact) mass is 722 g/mol. The van der Waals surface area contributed by atoms with Gasteiger partial charge in [-0.25, -0.2) is 9.59 Å². The molecule has 0 saturated carbocycles. The molecule has 2 aromatic rings. The maximum absolute atomic E-state index is 14.2. The minimum absolute atomic E-state index is 0.0200. The van der Waals surface area contributed by atoms with E-state index in [1.807, 2.05) is 52.0 Å². The van der Waals surface area contributed by atoms with Crippen molar-refractivity contribution < 1.29 is 24.3 Å². The number of fused-ring (bicyclic) bond motifs is 1. The predicted molar refractivity (Wildman–Crippen MR) is 197 cm³/mol. The van der Waals surface area contributed by atoms with E-state index < -0.39 is 12.0 Å². The molecule has 6 rings (SSSR count). The number of aliphatic carboxylic acids is 1. The number of aryl methyl sites for hydroxylation is 1. The molecule has 0 radical (unpaired) electrons. The van der Waals surface area contributed by atoms with Gasteiger partial charge in [0.05, 0.1) is 17.3 Å². The van der Waals surface area contributed by atoms with Crippen LogP contribution >= 0.6 is 11.6 Å². The van der Waals surface area contributed by atoms with Crippen LogP contribution in [0.25, 0.3) is 0 Å². The van der Waals surface area contributed by atoms with Crippen LogP contribution in [0.15, 0.2) is 36.4 Å². The van der Waals surface area contributed by atoms with Crippen LogP contribution in [0, 0.1) is 0 Å². The van der Waals surface area contributed by atoms with Gasteiger partial charge in [0.1, 0.15) is 6.04 Å². The predicted octanol–water partition coefficient (Wildman–Crippen LogP) is 3.35. The first-order valence-corrected chi connectivity index (χ1v) is 18.7. The molecule has 0 spiro atoms. The zero-order chi connectivity index (χ0) is 36.1. The molecule has 0 bridgehead atoms. The summed E-state index contributed by atoms with van der Waals surface area (Å²) in [4.78, 5) is 62.1. The molecule has 3 saturated heterocycles. The van der Waals surface area contributed by atoms with E-state index in [4.69, 9.17) is 22.4 Å². The lowest BCUT2D eigenvalue weighted by Gasteiger charge is -2.43. The fourth-order valence-electron chi connectivity index (χ4n) is 8.09. The van der Waals surface area contributed by atoms with Crippen LogP contribution in [0.1, 0.15) is 49.3 Å². The number of rotatable bonds is 9. The van der Waals surface area contributed by atoms with Crippen molar-refractivity contribution in [2.24, 2.45) is 0 Å². The Morgan fingerprint density at radius 1 is 0.941 bits per heavy atom. The van der Waals surface area contributed by atoms with E-state index >= 15 is 0 Å². The lowest BCUT2D eigenvalue weighted by atomic mass is 9.98. The maximum atomic E-state index is 14.2. The van der Waals surface area contributed by atoms with E-state index in [0.29, 0.717) is 68.7 Å². The largest absolute Gasteiger partial charge is 0.480 e. The number of hydrogen-bond donors (Lipinski definition) is 4. The summed E-state index contributed by atoms with van der Waals surface area (Å²) in [6.45, 7) is 7.89. The van der Waals surface area contributed by atoms with Crippen molar-refractivity contribution in [2.45, 2.75) is 70.0 Å². The molecule has 2 aromatic carbocycles. The van der Waals surface area contributed by atoms with E-state index in [0.717, 1.165) is 67.8 Å². The van der Waals surface area contributed by atoms with E-state index in [1.54, 1.807) is 11.0 Å². The number of benzene rings is 2. The second kappa shape index (κ2) is 16.5. The van der Waals surface area contributed by atoms with Crippen molar-refractivity contribution in [1.82, 2.24) is 29.8 Å². The summed E-state index contributed by atoms with van der Waals surface area (Å²) in [6, 6.07) is 10.8. The van der Waals surface area contributed by atoms with Crippen molar-refractivity contribution in [1.29, 1.82) is 0 Å². The number of urea groups is 2. The Bertz CT molecular complexity index is 1580. The average Bonchev–Trinajstić information content (AvgIpc) is 3.30. The molecule has 51 heavy (non-hydrogen) atoms. The van der Waals surface area contributed by atoms with Crippen molar-refractivity contribution >= 4 is 46.9 Å². The number of nitrogens with zero attached hydrogens (tertiary/aromatic N) is 5. The minimum Gasteiger partial charge on any atom is -0.480 e. The number of amides is 5. The molecule has 4 aliphatic heterocycles. The van der Waals surface area contributed by atoms with Gasteiger partial charge in [-0.15, -0.1) is 0 Å². The van der Waals surface area contributed by atoms with Crippen molar-refractivity contribution in [3.63, 3.8) is 0 Å². The van der Waals surface area contributed by atoms with Crippen LogP contribution in [-0.4, -0.2) is 137 Å². The summed E-state index contributed by atoms with van der Waals surface area (Å²) >= 11 is 6.50. The van der Waals surface area contributed by atoms with Gasteiger partial charge >= 0.3 is 18.0 Å². The summed E-state index contributed by atoms with van der Waals surface area (Å²) in [5, 5.41) is 15.7. The molecule has 0 aliphatic carbocycles. The zero-order valence-electron chi connectivity index (χ0n) is 29.5. The number of nitrogens with one attached hydrogen (secondary N) is 2. The quantitative estimate of drug-likeness (QED) is 0.288. The molecule has 4 aliphatic rings. The number of carbonyl (C=O) groups excluding carboxylic acids is 3. The Labute approximate surface area is 305 Å². The number of carboxylic acid groups (broad SMARTS) is 1. The van der Waals surface area contributed by atoms with Gasteiger partial charge in [-0.05, 0) is 67.3 Å². The molecular formula is C37H51ClN8O5. The maximum Gasteiger partial charge on any atom is 0.322 e. The van der Waals surface area contributed by atoms with Gasteiger partial charge in [-0.3, -0.25) is 19.4 Å². The Kier molecular flexibility index (Phi) is 11.9. The number of hydrogen-bond acceptors (Lipinski definition) is 7. The highest BCUT2D eigenvalue weighted by Crippen LogP contribution is 2.28. The molecule has 0 unspecified atom stereocenters. The molecule has 276 valence electrons. The van der Waals surface area contributed by atoms with Crippen molar-refractivity contribution in [3.05, 3.63) is 58.1 Å². The SMILES string of the molecule is CCc1cc(C[C@@H](NC(=O)N2CCC(N3CCc4ccccc4NC3=O)CC2)C(=O)N2CCC(N3CCN(CC(=O)O)CC3)CC2)cc(Cl)c1N. The Balaban J connectivity index is 1.07. The van der Waals surface area contributed by atoms with E-state index in [1.165, 1.54) is 0 Å². The number of piperazine rings is 1. The van der Waals surface area contributed by atoms with Gasteiger partial charge in [0.15, 0.2) is 0 Å². The minimum atomic E-state index is -0.804. The number of nitrogen functional groups attached to an aromatic ring is 1. The molecule has 4 heterocycles. The Hall–Kier alpha value is -4.07. The highest BCUT2D eigenvalue weighted by molar-refractivity contribution is 6.33. The number of halogens is 1. The Morgan fingerprint density at radius 3 is 2.29 bits per heavy atom. The number of anilines is 2. The van der Waals surface area contributed by atoms with Crippen molar-refractivity contribution in [2.75, 3.05) is 76.5 Å². The average molecular weight is 723 g/mol. The van der Waals surface area contributed by atoms with Gasteiger partial charge in [-0.1, -0.05) is 42.8 Å². The zero-order valence-corrected chi connectivity index (χ0v) is 30.2. The second-order valence-electron chi connectivity index (χ2n) is 14.2. The number of nitrogens with two attached hydrogens (primary N) is 1. The normalized spacial score (nSPS) is 20.4. The van der Waals surface area contributed by atoms with E-state index in [-0.39, 0.29) is 37.0 Å². The highest BCUT2D eigenvalue weighted by Gasteiger charge is 2.35. The number of carboxylic acids is 1. The van der Waals surface area contributed by atoms with Crippen LogP contribution in [0.2, 0.25) is 5.02 Å². The number of carbonyl (C=O) groups is 4. The van der Waals surface area contributed by atoms with Gasteiger partial charge in [-0.2, -0.15) is 0 Å². The smallest absolute Gasteiger partial charge is 0.322 e. The standard InChI is InChI=1S/C37H51ClN8O5/c1-2-26-21-25(22-30(38)34(26)39)23-32(35(49)44-12-8-28(9-13-44)43-19-17-42(18-20-43)24-33(47)48)41-36(50)45-14-10-29(11-15-45)46-16-7-27-5-3-4-6-31(27)40-37(46)51/h3-6,21-22,28-29,32H,2,7-20,23-24,39H2,1H3,(H,40,51)(H,41,50)(H,47,48)/t32-/m1/s1. The third-order valence-corrected chi connectivity index (χ3v) is 11.4. The lowest BCUT2D eigenvalue weighted by Crippen LogP contribution is -2.58. The fourth-order valence-corrected chi connectivity index (χ4v) is 8.35. The van der Waals surface area contributed by atoms with Crippen molar-refractivity contribution in [3.8, 4) is 0 Å². The Morgan fingerprint density at radius 2 is 1.61 bits per heavy atom. The summed E-state index contributed by atoms with van der Waals surface area (Å²) in [5.74, 6) is -0.920. The molecule has 5 N–H and O–H groups in total. The first kappa shape index (κ1) is 36.7. The lowest BCUT2D eigenvalue weighted by molar-refractivity contribution is -0.138. The molecule has 5 amide bonds. The van der Waals surface area contributed by atoms with Crippen LogP contribution in [0.4, 0.5) is 21.0 Å². The van der Waals surface area contributed by atoms with Crippen LogP contribution in [0.3, 0.4) is 0 Å². The van der Waals surface area contributed by atoms with E-state index in [2.05, 4.69) is 15.5 Å². The summed E-state index contributed by atoms with van der Waals surface area (Å²) < 4.78 is 0. The molecule has 14 heteroatoms. The third kappa shape index (κ3) is 8.88. The number of likely N-dealkylation sites (tertiary alicyclic amines) is 2. The molecular weight excluding hydrogens is 672 g/mol. The number of para-hydroxylation sites is 1. The molecule has 13 nitrogen and oxygen atoms in total. The molecule has 1 atom stereocenters. The van der Waals surface area contributed by atoms with Gasteiger partial charge < -0.3 is 36.2 Å².